The fraction of sp³-hybridized carbons (Fsp3) is 0.333. The van der Waals surface area contributed by atoms with Gasteiger partial charge in [-0.25, -0.2) is 0 Å². The number of nitriles is 1. The van der Waals surface area contributed by atoms with Crippen molar-refractivity contribution < 1.29 is 9.90 Å². The van der Waals surface area contributed by atoms with Crippen molar-refractivity contribution in [2.75, 3.05) is 0 Å². The van der Waals surface area contributed by atoms with Gasteiger partial charge >= 0.3 is 5.97 Å². The smallest absolute Gasteiger partial charge is 0.321 e. The lowest BCUT2D eigenvalue weighted by atomic mass is 9.98. The monoisotopic (exact) mass is 203 g/mol. The van der Waals surface area contributed by atoms with E-state index in [1.807, 2.05) is 32.0 Å². The summed E-state index contributed by atoms with van der Waals surface area (Å²) in [6.45, 7) is 3.91. The molecule has 0 saturated carbocycles. The maximum Gasteiger partial charge on any atom is 0.321 e. The summed E-state index contributed by atoms with van der Waals surface area (Å²) in [4.78, 5) is 10.7. The highest BCUT2D eigenvalue weighted by atomic mass is 16.4. The van der Waals surface area contributed by atoms with Gasteiger partial charge in [0, 0.05) is 0 Å². The van der Waals surface area contributed by atoms with Gasteiger partial charge < -0.3 is 5.11 Å². The minimum Gasteiger partial charge on any atom is -0.480 e. The molecule has 0 aliphatic carbocycles. The molecule has 0 heterocycles. The molecule has 0 unspecified atom stereocenters. The zero-order valence-electron chi connectivity index (χ0n) is 8.82. The van der Waals surface area contributed by atoms with Crippen LogP contribution in [-0.2, 0) is 11.2 Å². The number of carboxylic acids is 1. The average Bonchev–Trinajstić information content (AvgIpc) is 2.12. The molecule has 0 spiro atoms. The highest BCUT2D eigenvalue weighted by Gasteiger charge is 2.16. The van der Waals surface area contributed by atoms with Gasteiger partial charge in [-0.15, -0.1) is 0 Å². The van der Waals surface area contributed by atoms with Gasteiger partial charge in [0.05, 0.1) is 6.07 Å². The number of aliphatic carboxylic acids is 1. The lowest BCUT2D eigenvalue weighted by Crippen LogP contribution is -2.14. The number of nitrogens with zero attached hydrogens (tertiary/aromatic N) is 1. The maximum atomic E-state index is 10.7. The van der Waals surface area contributed by atoms with Crippen LogP contribution in [0.3, 0.4) is 0 Å². The van der Waals surface area contributed by atoms with E-state index in [2.05, 4.69) is 0 Å². The molecule has 78 valence electrons. The van der Waals surface area contributed by atoms with Crippen molar-refractivity contribution in [1.29, 1.82) is 5.26 Å². The Balaban J connectivity index is 2.89. The molecule has 0 saturated heterocycles. The van der Waals surface area contributed by atoms with E-state index in [1.165, 1.54) is 0 Å². The lowest BCUT2D eigenvalue weighted by molar-refractivity contribution is -0.139. The molecule has 0 amide bonds. The van der Waals surface area contributed by atoms with Crippen molar-refractivity contribution in [1.82, 2.24) is 0 Å². The summed E-state index contributed by atoms with van der Waals surface area (Å²) in [5.74, 6) is -2.01. The Morgan fingerprint density at radius 2 is 1.93 bits per heavy atom. The zero-order chi connectivity index (χ0) is 11.4. The van der Waals surface area contributed by atoms with Crippen molar-refractivity contribution in [3.05, 3.63) is 34.9 Å². The van der Waals surface area contributed by atoms with Crippen LogP contribution >= 0.6 is 0 Å². The van der Waals surface area contributed by atoms with Crippen molar-refractivity contribution in [2.45, 2.75) is 20.3 Å². The third-order valence-corrected chi connectivity index (χ3v) is 2.18. The number of carboxylic acid groups (broad SMARTS) is 1. The molecular formula is C12H13NO2. The number of hydrogen-bond acceptors (Lipinski definition) is 2. The van der Waals surface area contributed by atoms with Gasteiger partial charge in [-0.1, -0.05) is 29.3 Å². The van der Waals surface area contributed by atoms with E-state index in [4.69, 9.17) is 10.4 Å². The van der Waals surface area contributed by atoms with E-state index in [9.17, 15) is 4.79 Å². The second kappa shape index (κ2) is 4.61. The molecule has 15 heavy (non-hydrogen) atoms. The molecule has 1 atom stereocenters. The van der Waals surface area contributed by atoms with Gasteiger partial charge in [-0.3, -0.25) is 4.79 Å². The summed E-state index contributed by atoms with van der Waals surface area (Å²) in [7, 11) is 0. The molecule has 1 rings (SSSR count). The van der Waals surface area contributed by atoms with Crippen LogP contribution in [0.5, 0.6) is 0 Å². The summed E-state index contributed by atoms with van der Waals surface area (Å²) in [6, 6.07) is 7.64. The highest BCUT2D eigenvalue weighted by Crippen LogP contribution is 2.13. The van der Waals surface area contributed by atoms with Crippen LogP contribution in [-0.4, -0.2) is 11.1 Å². The molecule has 1 aromatic carbocycles. The second-order valence-electron chi connectivity index (χ2n) is 3.72. The van der Waals surface area contributed by atoms with Gasteiger partial charge in [0.1, 0.15) is 5.92 Å². The topological polar surface area (TPSA) is 61.1 Å². The van der Waals surface area contributed by atoms with Crippen LogP contribution in [0, 0.1) is 31.1 Å². The molecule has 0 bridgehead atoms. The molecule has 0 aromatic heterocycles. The fourth-order valence-electron chi connectivity index (χ4n) is 1.61. The number of carbonyl (C=O) groups is 1. The van der Waals surface area contributed by atoms with E-state index in [0.29, 0.717) is 0 Å². The zero-order valence-corrected chi connectivity index (χ0v) is 8.82. The average molecular weight is 203 g/mol. The molecule has 0 aliphatic rings. The Labute approximate surface area is 89.0 Å². The maximum absolute atomic E-state index is 10.7. The van der Waals surface area contributed by atoms with Crippen molar-refractivity contribution in [3.63, 3.8) is 0 Å². The van der Waals surface area contributed by atoms with Crippen LogP contribution in [0.2, 0.25) is 0 Å². The van der Waals surface area contributed by atoms with E-state index >= 15 is 0 Å². The van der Waals surface area contributed by atoms with Gasteiger partial charge in [0.2, 0.25) is 0 Å². The summed E-state index contributed by atoms with van der Waals surface area (Å²) in [5.41, 5.74) is 3.08. The molecule has 0 aliphatic heterocycles. The predicted molar refractivity (Wildman–Crippen MR) is 56.4 cm³/mol. The number of benzene rings is 1. The largest absolute Gasteiger partial charge is 0.480 e. The first-order valence-corrected chi connectivity index (χ1v) is 4.72. The first kappa shape index (κ1) is 11.3. The Hall–Kier alpha value is -1.82. The molecule has 0 fully saturated rings. The first-order chi connectivity index (χ1) is 7.02. The number of rotatable bonds is 3. The highest BCUT2D eigenvalue weighted by molar-refractivity contribution is 5.73. The Morgan fingerprint density at radius 1 is 1.40 bits per heavy atom. The Kier molecular flexibility index (Phi) is 3.46. The Bertz CT molecular complexity index is 398. The predicted octanol–water partition coefficient (Wildman–Crippen LogP) is 2.07. The van der Waals surface area contributed by atoms with Gasteiger partial charge in [0.25, 0.3) is 0 Å². The molecule has 3 nitrogen and oxygen atoms in total. The van der Waals surface area contributed by atoms with E-state index in [0.717, 1.165) is 16.7 Å². The normalized spacial score (nSPS) is 11.8. The molecule has 1 N–H and O–H groups in total. The van der Waals surface area contributed by atoms with Crippen LogP contribution in [0.25, 0.3) is 0 Å². The van der Waals surface area contributed by atoms with Crippen molar-refractivity contribution in [2.24, 2.45) is 5.92 Å². The fourth-order valence-corrected chi connectivity index (χ4v) is 1.61. The molecular weight excluding hydrogens is 190 g/mol. The second-order valence-corrected chi connectivity index (χ2v) is 3.72. The van der Waals surface area contributed by atoms with E-state index < -0.39 is 11.9 Å². The SMILES string of the molecule is Cc1cc(C)cc(C[C@@H](C#N)C(=O)O)c1. The van der Waals surface area contributed by atoms with Gasteiger partial charge in [-0.2, -0.15) is 5.26 Å². The molecule has 0 radical (unpaired) electrons. The third-order valence-electron chi connectivity index (χ3n) is 2.18. The summed E-state index contributed by atoms with van der Waals surface area (Å²) >= 11 is 0. The number of aryl methyl sites for hydroxylation is 2. The summed E-state index contributed by atoms with van der Waals surface area (Å²) < 4.78 is 0. The van der Waals surface area contributed by atoms with Crippen molar-refractivity contribution in [3.8, 4) is 6.07 Å². The van der Waals surface area contributed by atoms with Crippen LogP contribution in [0.1, 0.15) is 16.7 Å². The third kappa shape index (κ3) is 3.10. The van der Waals surface area contributed by atoms with E-state index in [1.54, 1.807) is 6.07 Å². The minimum atomic E-state index is -1.06. The van der Waals surface area contributed by atoms with Gasteiger partial charge in [0.15, 0.2) is 0 Å². The standard InChI is InChI=1S/C12H13NO2/c1-8-3-9(2)5-10(4-8)6-11(7-13)12(14)15/h3-5,11H,6H2,1-2H3,(H,14,15)/t11-/m0/s1. The minimum absolute atomic E-state index is 0.272. The molecule has 1 aromatic rings. The van der Waals surface area contributed by atoms with Crippen molar-refractivity contribution >= 4 is 5.97 Å². The quantitative estimate of drug-likeness (QED) is 0.818. The first-order valence-electron chi connectivity index (χ1n) is 4.72. The Morgan fingerprint density at radius 3 is 2.33 bits per heavy atom. The van der Waals surface area contributed by atoms with Crippen LogP contribution in [0.15, 0.2) is 18.2 Å². The van der Waals surface area contributed by atoms with Gasteiger partial charge in [-0.05, 0) is 25.8 Å². The number of hydrogen-bond donors (Lipinski definition) is 1. The van der Waals surface area contributed by atoms with Crippen LogP contribution < -0.4 is 0 Å². The lowest BCUT2D eigenvalue weighted by Gasteiger charge is -2.06. The van der Waals surface area contributed by atoms with E-state index in [-0.39, 0.29) is 6.42 Å². The summed E-state index contributed by atoms with van der Waals surface area (Å²) in [6.07, 6.45) is 0.272. The summed E-state index contributed by atoms with van der Waals surface area (Å²) in [5, 5.41) is 17.4. The molecule has 3 heteroatoms. The van der Waals surface area contributed by atoms with Crippen LogP contribution in [0.4, 0.5) is 0 Å².